The Labute approximate surface area is 102 Å². The summed E-state index contributed by atoms with van der Waals surface area (Å²) in [6, 6.07) is 0. The average molecular weight is 240 g/mol. The molecule has 0 radical (unpaired) electrons. The van der Waals surface area contributed by atoms with Crippen molar-refractivity contribution < 1.29 is 0 Å². The molecule has 0 saturated heterocycles. The van der Waals surface area contributed by atoms with E-state index >= 15 is 0 Å². The summed E-state index contributed by atoms with van der Waals surface area (Å²) in [4.78, 5) is 4.30. The number of hydrogen-bond donors (Lipinski definition) is 0. The minimum absolute atomic E-state index is 0.204. The summed E-state index contributed by atoms with van der Waals surface area (Å²) in [6.07, 6.45) is 9.48. The van der Waals surface area contributed by atoms with Gasteiger partial charge in [-0.25, -0.2) is 4.98 Å². The molecule has 0 aliphatic heterocycles. The number of aryl methyl sites for hydroxylation is 1. The molecule has 1 heterocycles. The molecule has 0 N–H and O–H groups in total. The number of rotatable bonds is 3. The van der Waals surface area contributed by atoms with Crippen molar-refractivity contribution in [2.24, 2.45) is 0 Å². The second-order valence-corrected chi connectivity index (χ2v) is 4.82. The first kappa shape index (κ1) is 11.6. The van der Waals surface area contributed by atoms with Crippen LogP contribution in [0.2, 0.25) is 0 Å². The largest absolute Gasteiger partial charge is 0.250 e. The highest BCUT2D eigenvalue weighted by Gasteiger charge is 2.12. The van der Waals surface area contributed by atoms with Gasteiger partial charge in [-0.15, -0.1) is 11.6 Å². The molecule has 0 bridgehead atoms. The van der Waals surface area contributed by atoms with Gasteiger partial charge in [-0.05, 0) is 26.2 Å². The lowest BCUT2D eigenvalue weighted by molar-refractivity contribution is 0.618. The van der Waals surface area contributed by atoms with Crippen LogP contribution in [0.1, 0.15) is 38.4 Å². The van der Waals surface area contributed by atoms with Crippen molar-refractivity contribution in [2.75, 3.05) is 0 Å². The molecule has 16 heavy (non-hydrogen) atoms. The van der Waals surface area contributed by atoms with Gasteiger partial charge < -0.3 is 0 Å². The van der Waals surface area contributed by atoms with Gasteiger partial charge >= 0.3 is 0 Å². The van der Waals surface area contributed by atoms with Crippen LogP contribution >= 0.6 is 11.6 Å². The van der Waals surface area contributed by atoms with Gasteiger partial charge in [-0.3, -0.25) is 4.68 Å². The van der Waals surface area contributed by atoms with Crippen molar-refractivity contribution in [3.8, 4) is 0 Å². The molecular formula is C12H18ClN3. The fourth-order valence-corrected chi connectivity index (χ4v) is 2.49. The Balaban J connectivity index is 2.08. The number of hydrogen-bond acceptors (Lipinski definition) is 2. The van der Waals surface area contributed by atoms with E-state index in [0.29, 0.717) is 0 Å². The van der Waals surface area contributed by atoms with E-state index in [0.717, 1.165) is 31.6 Å². The molecule has 2 rings (SSSR count). The smallest absolute Gasteiger partial charge is 0.138 e. The quantitative estimate of drug-likeness (QED) is 0.600. The fourth-order valence-electron chi connectivity index (χ4n) is 2.15. The summed E-state index contributed by atoms with van der Waals surface area (Å²) in [6.45, 7) is 2.97. The zero-order chi connectivity index (χ0) is 11.4. The van der Waals surface area contributed by atoms with E-state index in [1.807, 2.05) is 4.68 Å². The minimum atomic E-state index is 0.204. The van der Waals surface area contributed by atoms with E-state index < -0.39 is 0 Å². The van der Waals surface area contributed by atoms with Gasteiger partial charge in [-0.2, -0.15) is 5.10 Å². The van der Waals surface area contributed by atoms with Crippen molar-refractivity contribution >= 4 is 11.6 Å². The second-order valence-electron chi connectivity index (χ2n) is 4.26. The summed E-state index contributed by atoms with van der Waals surface area (Å²) in [5, 5.41) is 4.39. The van der Waals surface area contributed by atoms with E-state index in [9.17, 15) is 0 Å². The Kier molecular flexibility index (Phi) is 3.99. The fraction of sp³-hybridized carbons (Fsp3) is 0.667. The molecular weight excluding hydrogens is 222 g/mol. The Hall–Kier alpha value is -0.830. The number of nitrogens with zero attached hydrogens (tertiary/aromatic N) is 3. The van der Waals surface area contributed by atoms with Crippen molar-refractivity contribution in [2.45, 2.75) is 50.9 Å². The van der Waals surface area contributed by atoms with Crippen molar-refractivity contribution in [3.63, 3.8) is 0 Å². The van der Waals surface area contributed by atoms with Crippen LogP contribution in [0.5, 0.6) is 0 Å². The lowest BCUT2D eigenvalue weighted by Gasteiger charge is -2.06. The Bertz CT molecular complexity index is 370. The SMILES string of the molecule is CCn1ncnc1CC1=CC(Cl)CCCC1. The van der Waals surface area contributed by atoms with Crippen molar-refractivity contribution in [3.05, 3.63) is 23.8 Å². The first-order valence-corrected chi connectivity index (χ1v) is 6.43. The van der Waals surface area contributed by atoms with E-state index in [1.165, 1.54) is 18.4 Å². The lowest BCUT2D eigenvalue weighted by Crippen LogP contribution is -2.05. The second kappa shape index (κ2) is 5.48. The van der Waals surface area contributed by atoms with Crippen LogP contribution in [0, 0.1) is 0 Å². The van der Waals surface area contributed by atoms with Crippen LogP contribution in [0.25, 0.3) is 0 Å². The van der Waals surface area contributed by atoms with Crippen molar-refractivity contribution in [1.29, 1.82) is 0 Å². The molecule has 0 saturated carbocycles. The minimum Gasteiger partial charge on any atom is -0.250 e. The summed E-state index contributed by atoms with van der Waals surface area (Å²) in [7, 11) is 0. The van der Waals surface area contributed by atoms with E-state index in [1.54, 1.807) is 6.33 Å². The van der Waals surface area contributed by atoms with Gasteiger partial charge in [0.2, 0.25) is 0 Å². The van der Waals surface area contributed by atoms with Gasteiger partial charge in [0.15, 0.2) is 0 Å². The van der Waals surface area contributed by atoms with E-state index in [-0.39, 0.29) is 5.38 Å². The number of allylic oxidation sites excluding steroid dienone is 2. The predicted molar refractivity (Wildman–Crippen MR) is 65.6 cm³/mol. The molecule has 1 aromatic rings. The topological polar surface area (TPSA) is 30.7 Å². The normalized spacial score (nSPS) is 21.6. The molecule has 1 aliphatic carbocycles. The van der Waals surface area contributed by atoms with Crippen molar-refractivity contribution in [1.82, 2.24) is 14.8 Å². The molecule has 88 valence electrons. The molecule has 1 aliphatic rings. The van der Waals surface area contributed by atoms with E-state index in [2.05, 4.69) is 23.1 Å². The average Bonchev–Trinajstić information content (AvgIpc) is 2.61. The lowest BCUT2D eigenvalue weighted by atomic mass is 10.1. The van der Waals surface area contributed by atoms with Gasteiger partial charge in [0.1, 0.15) is 12.2 Å². The maximum atomic E-state index is 6.21. The van der Waals surface area contributed by atoms with Crippen LogP contribution in [0.4, 0.5) is 0 Å². The highest BCUT2D eigenvalue weighted by atomic mass is 35.5. The molecule has 1 atom stereocenters. The van der Waals surface area contributed by atoms with Gasteiger partial charge in [-0.1, -0.05) is 18.1 Å². The maximum absolute atomic E-state index is 6.21. The third kappa shape index (κ3) is 2.85. The number of alkyl halides is 1. The van der Waals surface area contributed by atoms with Crippen LogP contribution in [-0.4, -0.2) is 20.1 Å². The third-order valence-corrected chi connectivity index (χ3v) is 3.37. The predicted octanol–water partition coefficient (Wildman–Crippen LogP) is 2.95. The maximum Gasteiger partial charge on any atom is 0.138 e. The number of aromatic nitrogens is 3. The summed E-state index contributed by atoms with van der Waals surface area (Å²) in [5.41, 5.74) is 1.42. The summed E-state index contributed by atoms with van der Waals surface area (Å²) >= 11 is 6.21. The van der Waals surface area contributed by atoms with Crippen LogP contribution < -0.4 is 0 Å². The number of halogens is 1. The van der Waals surface area contributed by atoms with Gasteiger partial charge in [0.25, 0.3) is 0 Å². The van der Waals surface area contributed by atoms with E-state index in [4.69, 9.17) is 11.6 Å². The molecule has 0 aromatic carbocycles. The Morgan fingerprint density at radius 1 is 1.50 bits per heavy atom. The molecule has 0 fully saturated rings. The van der Waals surface area contributed by atoms with Crippen LogP contribution in [-0.2, 0) is 13.0 Å². The summed E-state index contributed by atoms with van der Waals surface area (Å²) in [5.74, 6) is 1.06. The standard InChI is InChI=1S/C12H18ClN3/c1-2-16-12(14-9-15-16)8-10-5-3-4-6-11(13)7-10/h7,9,11H,2-6,8H2,1H3. The Morgan fingerprint density at radius 2 is 2.38 bits per heavy atom. The first-order chi connectivity index (χ1) is 7.79. The monoisotopic (exact) mass is 239 g/mol. The molecule has 3 nitrogen and oxygen atoms in total. The third-order valence-electron chi connectivity index (χ3n) is 3.02. The highest BCUT2D eigenvalue weighted by molar-refractivity contribution is 6.21. The molecule has 1 unspecified atom stereocenters. The molecule has 1 aromatic heterocycles. The van der Waals surface area contributed by atoms with Gasteiger partial charge in [0, 0.05) is 13.0 Å². The molecule has 0 spiro atoms. The zero-order valence-corrected chi connectivity index (χ0v) is 10.5. The Morgan fingerprint density at radius 3 is 3.19 bits per heavy atom. The van der Waals surface area contributed by atoms with Crippen LogP contribution in [0.3, 0.4) is 0 Å². The highest BCUT2D eigenvalue weighted by Crippen LogP contribution is 2.23. The summed E-state index contributed by atoms with van der Waals surface area (Å²) < 4.78 is 1.95. The molecule has 4 heteroatoms. The van der Waals surface area contributed by atoms with Gasteiger partial charge in [0.05, 0.1) is 5.38 Å². The van der Waals surface area contributed by atoms with Crippen LogP contribution in [0.15, 0.2) is 18.0 Å². The zero-order valence-electron chi connectivity index (χ0n) is 9.69. The first-order valence-electron chi connectivity index (χ1n) is 6.00. The molecule has 0 amide bonds.